The highest BCUT2D eigenvalue weighted by atomic mass is 32.1. The van der Waals surface area contributed by atoms with Crippen molar-refractivity contribution < 1.29 is 9.47 Å². The van der Waals surface area contributed by atoms with E-state index in [1.807, 2.05) is 14.0 Å². The van der Waals surface area contributed by atoms with E-state index in [1.54, 1.807) is 22.9 Å². The van der Waals surface area contributed by atoms with E-state index in [-0.39, 0.29) is 0 Å². The molecule has 1 heterocycles. The second-order valence-electron chi connectivity index (χ2n) is 4.05. The molecule has 0 aliphatic heterocycles. The van der Waals surface area contributed by atoms with Crippen LogP contribution in [0.5, 0.6) is 11.5 Å². The minimum absolute atomic E-state index is 0.309. The van der Waals surface area contributed by atoms with Gasteiger partial charge in [-0.15, -0.1) is 0 Å². The standard InChI is InChI=1S/C13H16N4O2S/c1-3-18-11-6-9(13(14)20)4-5-10(11)19-7-12-15-8-16-17(12)2/h4-6,8H,3,7H2,1-2H3,(H2,14,20). The van der Waals surface area contributed by atoms with E-state index in [1.165, 1.54) is 6.33 Å². The normalized spacial score (nSPS) is 10.3. The third kappa shape index (κ3) is 3.24. The van der Waals surface area contributed by atoms with Crippen molar-refractivity contribution in [2.45, 2.75) is 13.5 Å². The molecule has 6 nitrogen and oxygen atoms in total. The molecule has 0 saturated carbocycles. The summed E-state index contributed by atoms with van der Waals surface area (Å²) in [5.41, 5.74) is 6.36. The van der Waals surface area contributed by atoms with Crippen LogP contribution in [-0.4, -0.2) is 26.4 Å². The molecule has 20 heavy (non-hydrogen) atoms. The number of rotatable bonds is 6. The number of hydrogen-bond donors (Lipinski definition) is 1. The van der Waals surface area contributed by atoms with Gasteiger partial charge in [0.2, 0.25) is 0 Å². The van der Waals surface area contributed by atoms with Crippen LogP contribution in [0.2, 0.25) is 0 Å². The third-order valence-corrected chi connectivity index (χ3v) is 2.93. The van der Waals surface area contributed by atoms with Crippen LogP contribution >= 0.6 is 12.2 Å². The van der Waals surface area contributed by atoms with Gasteiger partial charge in [0.25, 0.3) is 0 Å². The highest BCUT2D eigenvalue weighted by Crippen LogP contribution is 2.29. The van der Waals surface area contributed by atoms with Crippen molar-refractivity contribution in [1.29, 1.82) is 0 Å². The molecule has 2 rings (SSSR count). The number of thiocarbonyl (C=S) groups is 1. The van der Waals surface area contributed by atoms with Gasteiger partial charge in [0, 0.05) is 12.6 Å². The molecule has 0 spiro atoms. The molecular weight excluding hydrogens is 276 g/mol. The first-order chi connectivity index (χ1) is 9.61. The summed E-state index contributed by atoms with van der Waals surface area (Å²) in [6.45, 7) is 2.74. The van der Waals surface area contributed by atoms with E-state index in [2.05, 4.69) is 10.1 Å². The summed E-state index contributed by atoms with van der Waals surface area (Å²) in [6, 6.07) is 5.37. The molecule has 0 radical (unpaired) electrons. The molecular formula is C13H16N4O2S. The Morgan fingerprint density at radius 1 is 1.35 bits per heavy atom. The van der Waals surface area contributed by atoms with Gasteiger partial charge in [-0.05, 0) is 25.1 Å². The molecule has 0 fully saturated rings. The Hall–Kier alpha value is -2.15. The molecule has 0 aliphatic carbocycles. The smallest absolute Gasteiger partial charge is 0.164 e. The lowest BCUT2D eigenvalue weighted by Gasteiger charge is -2.12. The maximum Gasteiger partial charge on any atom is 0.164 e. The fourth-order valence-electron chi connectivity index (χ4n) is 1.64. The van der Waals surface area contributed by atoms with Crippen LogP contribution in [0.3, 0.4) is 0 Å². The van der Waals surface area contributed by atoms with Crippen LogP contribution in [0.25, 0.3) is 0 Å². The highest BCUT2D eigenvalue weighted by Gasteiger charge is 2.09. The number of nitrogens with zero attached hydrogens (tertiary/aromatic N) is 3. The molecule has 0 atom stereocenters. The molecule has 0 amide bonds. The number of ether oxygens (including phenoxy) is 2. The molecule has 2 N–H and O–H groups in total. The molecule has 2 aromatic rings. The lowest BCUT2D eigenvalue weighted by molar-refractivity contribution is 0.259. The largest absolute Gasteiger partial charge is 0.490 e. The first-order valence-electron chi connectivity index (χ1n) is 6.14. The van der Waals surface area contributed by atoms with Crippen molar-refractivity contribution in [3.8, 4) is 11.5 Å². The predicted octanol–water partition coefficient (Wildman–Crippen LogP) is 1.43. The third-order valence-electron chi connectivity index (χ3n) is 2.69. The average Bonchev–Trinajstić information content (AvgIpc) is 2.83. The van der Waals surface area contributed by atoms with Crippen molar-refractivity contribution in [2.75, 3.05) is 6.61 Å². The van der Waals surface area contributed by atoms with Crippen molar-refractivity contribution in [3.05, 3.63) is 35.9 Å². The van der Waals surface area contributed by atoms with Crippen LogP contribution in [0.4, 0.5) is 0 Å². The molecule has 0 bridgehead atoms. The summed E-state index contributed by atoms with van der Waals surface area (Å²) in [5.74, 6) is 1.96. The number of hydrogen-bond acceptors (Lipinski definition) is 5. The van der Waals surface area contributed by atoms with Crippen molar-refractivity contribution in [3.63, 3.8) is 0 Å². The molecule has 0 aliphatic rings. The zero-order valence-corrected chi connectivity index (χ0v) is 12.2. The van der Waals surface area contributed by atoms with E-state index in [0.29, 0.717) is 29.7 Å². The lowest BCUT2D eigenvalue weighted by Crippen LogP contribution is -2.10. The molecule has 1 aromatic heterocycles. The second-order valence-corrected chi connectivity index (χ2v) is 4.49. The van der Waals surface area contributed by atoms with E-state index in [9.17, 15) is 0 Å². The van der Waals surface area contributed by atoms with Gasteiger partial charge in [-0.25, -0.2) is 4.98 Å². The van der Waals surface area contributed by atoms with Crippen LogP contribution in [0.15, 0.2) is 24.5 Å². The van der Waals surface area contributed by atoms with Gasteiger partial charge >= 0.3 is 0 Å². The van der Waals surface area contributed by atoms with Gasteiger partial charge in [0.05, 0.1) is 6.61 Å². The molecule has 106 valence electrons. The Labute approximate surface area is 122 Å². The summed E-state index contributed by atoms with van der Waals surface area (Å²) < 4.78 is 12.9. The van der Waals surface area contributed by atoms with Gasteiger partial charge in [-0.1, -0.05) is 12.2 Å². The Balaban J connectivity index is 2.17. The average molecular weight is 292 g/mol. The fraction of sp³-hybridized carbons (Fsp3) is 0.308. The van der Waals surface area contributed by atoms with E-state index in [0.717, 1.165) is 11.4 Å². The fourth-order valence-corrected chi connectivity index (χ4v) is 1.77. The van der Waals surface area contributed by atoms with Crippen molar-refractivity contribution in [2.24, 2.45) is 12.8 Å². The molecule has 0 saturated heterocycles. The monoisotopic (exact) mass is 292 g/mol. The zero-order valence-electron chi connectivity index (χ0n) is 11.4. The number of aryl methyl sites for hydroxylation is 1. The minimum Gasteiger partial charge on any atom is -0.490 e. The van der Waals surface area contributed by atoms with Gasteiger partial charge in [0.1, 0.15) is 17.9 Å². The predicted molar refractivity (Wildman–Crippen MR) is 78.8 cm³/mol. The zero-order chi connectivity index (χ0) is 14.5. The molecule has 0 unspecified atom stereocenters. The van der Waals surface area contributed by atoms with Gasteiger partial charge in [-0.3, -0.25) is 4.68 Å². The van der Waals surface area contributed by atoms with E-state index in [4.69, 9.17) is 27.4 Å². The first kappa shape index (κ1) is 14.3. The maximum atomic E-state index is 5.72. The Kier molecular flexibility index (Phi) is 4.52. The molecule has 7 heteroatoms. The van der Waals surface area contributed by atoms with Gasteiger partial charge in [-0.2, -0.15) is 5.10 Å². The summed E-state index contributed by atoms with van der Waals surface area (Å²) >= 11 is 4.96. The van der Waals surface area contributed by atoms with Gasteiger partial charge in [0.15, 0.2) is 17.3 Å². The SMILES string of the molecule is CCOc1cc(C(N)=S)ccc1OCc1ncnn1C. The highest BCUT2D eigenvalue weighted by molar-refractivity contribution is 7.80. The summed E-state index contributed by atoms with van der Waals surface area (Å²) in [6.07, 6.45) is 1.48. The number of nitrogens with two attached hydrogens (primary N) is 1. The summed E-state index contributed by atoms with van der Waals surface area (Å²) in [7, 11) is 1.81. The summed E-state index contributed by atoms with van der Waals surface area (Å²) in [4.78, 5) is 4.42. The lowest BCUT2D eigenvalue weighted by atomic mass is 10.2. The van der Waals surface area contributed by atoms with Crippen LogP contribution in [0, 0.1) is 0 Å². The van der Waals surface area contributed by atoms with Gasteiger partial charge < -0.3 is 15.2 Å². The Bertz CT molecular complexity index is 612. The van der Waals surface area contributed by atoms with Crippen molar-refractivity contribution >= 4 is 17.2 Å². The second kappa shape index (κ2) is 6.33. The number of aromatic nitrogens is 3. The summed E-state index contributed by atoms with van der Waals surface area (Å²) in [5, 5.41) is 3.99. The quantitative estimate of drug-likeness (QED) is 0.812. The Morgan fingerprint density at radius 3 is 2.75 bits per heavy atom. The van der Waals surface area contributed by atoms with E-state index >= 15 is 0 Å². The topological polar surface area (TPSA) is 75.2 Å². The van der Waals surface area contributed by atoms with Crippen LogP contribution in [0.1, 0.15) is 18.3 Å². The maximum absolute atomic E-state index is 5.72. The van der Waals surface area contributed by atoms with Crippen LogP contribution in [-0.2, 0) is 13.7 Å². The van der Waals surface area contributed by atoms with Crippen molar-refractivity contribution in [1.82, 2.24) is 14.8 Å². The minimum atomic E-state index is 0.309. The van der Waals surface area contributed by atoms with E-state index < -0.39 is 0 Å². The Morgan fingerprint density at radius 2 is 2.15 bits per heavy atom. The molecule has 1 aromatic carbocycles. The first-order valence-corrected chi connectivity index (χ1v) is 6.55. The number of benzene rings is 1. The van der Waals surface area contributed by atoms with Crippen LogP contribution < -0.4 is 15.2 Å².